The molecule has 1 aliphatic heterocycles. The number of benzene rings is 2. The number of halogens is 1. The van der Waals surface area contributed by atoms with Gasteiger partial charge in [-0.15, -0.1) is 10.2 Å². The van der Waals surface area contributed by atoms with Crippen LogP contribution in [0, 0.1) is 0 Å². The van der Waals surface area contributed by atoms with Gasteiger partial charge >= 0.3 is 0 Å². The van der Waals surface area contributed by atoms with Crippen LogP contribution in [-0.2, 0) is 11.8 Å². The minimum absolute atomic E-state index is 0.0192. The molecule has 0 saturated carbocycles. The van der Waals surface area contributed by atoms with Gasteiger partial charge in [-0.25, -0.2) is 0 Å². The Kier molecular flexibility index (Phi) is 5.29. The SMILES string of the molecule is CC(Sc1nnc(-c2ccc(Cl)cc2)n1C)C(=O)c1ccc2c(c1)NC(=O)CO2. The maximum Gasteiger partial charge on any atom is 0.262 e. The summed E-state index contributed by atoms with van der Waals surface area (Å²) in [6.45, 7) is 1.80. The molecule has 0 radical (unpaired) electrons. The molecule has 9 heteroatoms. The lowest BCUT2D eigenvalue weighted by Gasteiger charge is -2.19. The number of carbonyl (C=O) groups is 2. The molecular weight excluding hydrogens is 412 g/mol. The Labute approximate surface area is 176 Å². The molecule has 1 atom stereocenters. The Balaban J connectivity index is 1.52. The molecule has 29 heavy (non-hydrogen) atoms. The van der Waals surface area contributed by atoms with E-state index in [1.54, 1.807) is 30.3 Å². The molecule has 0 spiro atoms. The lowest BCUT2D eigenvalue weighted by Crippen LogP contribution is -2.25. The van der Waals surface area contributed by atoms with Crippen molar-refractivity contribution in [3.8, 4) is 17.1 Å². The van der Waals surface area contributed by atoms with Gasteiger partial charge in [0.05, 0.1) is 10.9 Å². The topological polar surface area (TPSA) is 86.1 Å². The quantitative estimate of drug-likeness (QED) is 0.491. The summed E-state index contributed by atoms with van der Waals surface area (Å²) in [4.78, 5) is 24.4. The van der Waals surface area contributed by atoms with Crippen LogP contribution >= 0.6 is 23.4 Å². The Hall–Kier alpha value is -2.84. The van der Waals surface area contributed by atoms with Crippen molar-refractivity contribution in [3.63, 3.8) is 0 Å². The number of amides is 1. The van der Waals surface area contributed by atoms with E-state index in [0.29, 0.717) is 33.0 Å². The van der Waals surface area contributed by atoms with E-state index in [9.17, 15) is 9.59 Å². The second kappa shape index (κ2) is 7.88. The van der Waals surface area contributed by atoms with Crippen LogP contribution in [0.15, 0.2) is 47.6 Å². The first-order valence-corrected chi connectivity index (χ1v) is 10.1. The van der Waals surface area contributed by atoms with Crippen LogP contribution in [0.3, 0.4) is 0 Å². The summed E-state index contributed by atoms with van der Waals surface area (Å²) in [6, 6.07) is 12.4. The van der Waals surface area contributed by atoms with Crippen molar-refractivity contribution in [2.45, 2.75) is 17.3 Å². The summed E-state index contributed by atoms with van der Waals surface area (Å²) < 4.78 is 7.18. The van der Waals surface area contributed by atoms with Gasteiger partial charge in [0, 0.05) is 23.2 Å². The second-order valence-corrected chi connectivity index (χ2v) is 8.29. The largest absolute Gasteiger partial charge is 0.482 e. The van der Waals surface area contributed by atoms with Gasteiger partial charge in [0.1, 0.15) is 5.75 Å². The molecule has 0 saturated heterocycles. The predicted octanol–water partition coefficient (Wildman–Crippen LogP) is 3.83. The first-order chi connectivity index (χ1) is 13.9. The molecule has 2 aromatic carbocycles. The highest BCUT2D eigenvalue weighted by Crippen LogP contribution is 2.31. The Bertz CT molecular complexity index is 1100. The number of aromatic nitrogens is 3. The number of nitrogens with one attached hydrogen (secondary N) is 1. The molecule has 148 valence electrons. The molecule has 2 heterocycles. The fourth-order valence-corrected chi connectivity index (χ4v) is 3.97. The van der Waals surface area contributed by atoms with E-state index >= 15 is 0 Å². The predicted molar refractivity (Wildman–Crippen MR) is 112 cm³/mol. The Morgan fingerprint density at radius 3 is 2.76 bits per heavy atom. The second-order valence-electron chi connectivity index (χ2n) is 6.54. The first kappa shape index (κ1) is 19.5. The van der Waals surface area contributed by atoms with Crippen molar-refractivity contribution in [2.75, 3.05) is 11.9 Å². The summed E-state index contributed by atoms with van der Waals surface area (Å²) in [5.74, 6) is 0.937. The van der Waals surface area contributed by atoms with Crippen molar-refractivity contribution >= 4 is 40.7 Å². The minimum atomic E-state index is -0.394. The van der Waals surface area contributed by atoms with Crippen molar-refractivity contribution in [3.05, 3.63) is 53.1 Å². The maximum atomic E-state index is 12.9. The average Bonchev–Trinajstić information content (AvgIpc) is 3.07. The van der Waals surface area contributed by atoms with E-state index in [1.807, 2.05) is 30.7 Å². The number of thioether (sulfide) groups is 1. The van der Waals surface area contributed by atoms with Gasteiger partial charge in [0.2, 0.25) is 0 Å². The lowest BCUT2D eigenvalue weighted by molar-refractivity contribution is -0.118. The van der Waals surface area contributed by atoms with Crippen LogP contribution in [-0.4, -0.2) is 38.3 Å². The fraction of sp³-hybridized carbons (Fsp3) is 0.200. The molecule has 1 N–H and O–H groups in total. The highest BCUT2D eigenvalue weighted by atomic mass is 35.5. The summed E-state index contributed by atoms with van der Waals surface area (Å²) in [5.41, 5.74) is 1.89. The van der Waals surface area contributed by atoms with Gasteiger partial charge < -0.3 is 14.6 Å². The maximum absolute atomic E-state index is 12.9. The molecule has 1 amide bonds. The van der Waals surface area contributed by atoms with Crippen LogP contribution in [0.5, 0.6) is 5.75 Å². The third-order valence-electron chi connectivity index (χ3n) is 4.49. The molecule has 0 aliphatic carbocycles. The number of ketones is 1. The number of Topliss-reactive ketones (excluding diaryl/α,β-unsaturated/α-hetero) is 1. The molecule has 1 unspecified atom stereocenters. The van der Waals surface area contributed by atoms with Gasteiger partial charge in [-0.1, -0.05) is 23.4 Å². The number of fused-ring (bicyclic) bond motifs is 1. The van der Waals surface area contributed by atoms with Crippen molar-refractivity contribution in [2.24, 2.45) is 7.05 Å². The first-order valence-electron chi connectivity index (χ1n) is 8.85. The van der Waals surface area contributed by atoms with E-state index in [1.165, 1.54) is 11.8 Å². The molecular formula is C20H17ClN4O3S. The molecule has 1 aromatic heterocycles. The van der Waals surface area contributed by atoms with Crippen molar-refractivity contribution in [1.29, 1.82) is 0 Å². The summed E-state index contributed by atoms with van der Waals surface area (Å²) in [6.07, 6.45) is 0. The zero-order valence-electron chi connectivity index (χ0n) is 15.7. The van der Waals surface area contributed by atoms with Crippen LogP contribution < -0.4 is 10.1 Å². The smallest absolute Gasteiger partial charge is 0.262 e. The molecule has 0 bridgehead atoms. The van der Waals surface area contributed by atoms with E-state index in [2.05, 4.69) is 15.5 Å². The van der Waals surface area contributed by atoms with Gasteiger partial charge in [0.15, 0.2) is 23.4 Å². The van der Waals surface area contributed by atoms with Crippen LogP contribution in [0.4, 0.5) is 5.69 Å². The fourth-order valence-electron chi connectivity index (χ4n) is 2.95. The van der Waals surface area contributed by atoms with E-state index in [0.717, 1.165) is 5.56 Å². The Morgan fingerprint density at radius 2 is 2.00 bits per heavy atom. The zero-order chi connectivity index (χ0) is 20.5. The zero-order valence-corrected chi connectivity index (χ0v) is 17.3. The highest BCUT2D eigenvalue weighted by Gasteiger charge is 2.23. The monoisotopic (exact) mass is 428 g/mol. The van der Waals surface area contributed by atoms with Gasteiger partial charge in [-0.3, -0.25) is 9.59 Å². The van der Waals surface area contributed by atoms with Crippen LogP contribution in [0.25, 0.3) is 11.4 Å². The number of nitrogens with zero attached hydrogens (tertiary/aromatic N) is 3. The standard InChI is InChI=1S/C20H17ClN4O3S/c1-11(18(27)13-5-8-16-15(9-13)22-17(26)10-28-16)29-20-24-23-19(25(20)2)12-3-6-14(21)7-4-12/h3-9,11H,10H2,1-2H3,(H,22,26). The number of anilines is 1. The van der Waals surface area contributed by atoms with E-state index < -0.39 is 5.25 Å². The molecule has 1 aliphatic rings. The summed E-state index contributed by atoms with van der Waals surface area (Å²) in [7, 11) is 1.86. The third kappa shape index (κ3) is 3.99. The molecule has 7 nitrogen and oxygen atoms in total. The highest BCUT2D eigenvalue weighted by molar-refractivity contribution is 8.00. The number of hydrogen-bond donors (Lipinski definition) is 1. The van der Waals surface area contributed by atoms with Crippen LogP contribution in [0.1, 0.15) is 17.3 Å². The molecule has 3 aromatic rings. The van der Waals surface area contributed by atoms with Crippen LogP contribution in [0.2, 0.25) is 5.02 Å². The number of carbonyl (C=O) groups excluding carboxylic acids is 2. The summed E-state index contributed by atoms with van der Waals surface area (Å²) in [5, 5.41) is 12.1. The normalized spacial score (nSPS) is 14.0. The van der Waals surface area contributed by atoms with Gasteiger partial charge in [0.25, 0.3) is 5.91 Å². The van der Waals surface area contributed by atoms with Gasteiger partial charge in [-0.2, -0.15) is 0 Å². The van der Waals surface area contributed by atoms with Crippen molar-refractivity contribution in [1.82, 2.24) is 14.8 Å². The van der Waals surface area contributed by atoms with Crippen molar-refractivity contribution < 1.29 is 14.3 Å². The minimum Gasteiger partial charge on any atom is -0.482 e. The van der Waals surface area contributed by atoms with E-state index in [-0.39, 0.29) is 18.3 Å². The number of ether oxygens (including phenoxy) is 1. The lowest BCUT2D eigenvalue weighted by atomic mass is 10.1. The third-order valence-corrected chi connectivity index (χ3v) is 5.87. The van der Waals surface area contributed by atoms with Gasteiger partial charge in [-0.05, 0) is 49.4 Å². The molecule has 4 rings (SSSR count). The number of hydrogen-bond acceptors (Lipinski definition) is 6. The molecule has 0 fully saturated rings. The Morgan fingerprint density at radius 1 is 1.24 bits per heavy atom. The van der Waals surface area contributed by atoms with E-state index in [4.69, 9.17) is 16.3 Å². The summed E-state index contributed by atoms with van der Waals surface area (Å²) >= 11 is 7.27. The number of rotatable bonds is 5. The average molecular weight is 429 g/mol.